The average molecular weight is 325 g/mol. The van der Waals surface area contributed by atoms with Gasteiger partial charge in [-0.3, -0.25) is 9.59 Å². The fourth-order valence-electron chi connectivity index (χ4n) is 1.79. The van der Waals surface area contributed by atoms with Crippen molar-refractivity contribution in [3.63, 3.8) is 0 Å². The molecule has 0 aromatic heterocycles. The molecular weight excluding hydrogens is 298 g/mol. The molecule has 0 aliphatic carbocycles. The van der Waals surface area contributed by atoms with Crippen LogP contribution in [-0.4, -0.2) is 24.2 Å². The molecule has 0 spiro atoms. The highest BCUT2D eigenvalue weighted by Gasteiger charge is 2.10. The predicted octanol–water partition coefficient (Wildman–Crippen LogP) is 3.12. The molecule has 1 aromatic rings. The van der Waals surface area contributed by atoms with Gasteiger partial charge in [0.15, 0.2) is 11.5 Å². The molecule has 0 saturated heterocycles. The van der Waals surface area contributed by atoms with Crippen LogP contribution in [0.15, 0.2) is 18.2 Å². The summed E-state index contributed by atoms with van der Waals surface area (Å²) in [6, 6.07) is 5.35. The van der Waals surface area contributed by atoms with Gasteiger partial charge in [0, 0.05) is 19.9 Å². The molecule has 0 radical (unpaired) electrons. The Kier molecular flexibility index (Phi) is 11.3. The van der Waals surface area contributed by atoms with E-state index in [1.165, 1.54) is 0 Å². The molecule has 0 unspecified atom stereocenters. The number of aliphatic carboxylic acids is 1. The first-order chi connectivity index (χ1) is 10.9. The van der Waals surface area contributed by atoms with E-state index in [9.17, 15) is 4.79 Å². The third-order valence-corrected chi connectivity index (χ3v) is 2.92. The number of carbonyl (C=O) groups is 2. The van der Waals surface area contributed by atoms with Crippen LogP contribution in [0.25, 0.3) is 0 Å². The highest BCUT2D eigenvalue weighted by atomic mass is 16.6. The second kappa shape index (κ2) is 12.5. The molecule has 3 N–H and O–H groups in total. The number of ether oxygens (including phenoxy) is 2. The first-order valence-electron chi connectivity index (χ1n) is 7.71. The maximum absolute atomic E-state index is 11.7. The Labute approximate surface area is 137 Å². The minimum Gasteiger partial charge on any atom is -0.493 e. The molecule has 0 aliphatic rings. The van der Waals surface area contributed by atoms with Crippen molar-refractivity contribution in [1.82, 2.24) is 0 Å². The molecule has 0 heterocycles. The van der Waals surface area contributed by atoms with Crippen LogP contribution in [-0.2, 0) is 16.1 Å². The molecule has 1 rings (SSSR count). The van der Waals surface area contributed by atoms with E-state index < -0.39 is 5.97 Å². The Balaban J connectivity index is 0.00000108. The van der Waals surface area contributed by atoms with E-state index in [2.05, 4.69) is 6.92 Å². The van der Waals surface area contributed by atoms with Gasteiger partial charge in [-0.2, -0.15) is 0 Å². The fourth-order valence-corrected chi connectivity index (χ4v) is 1.79. The Morgan fingerprint density at radius 1 is 1.17 bits per heavy atom. The van der Waals surface area contributed by atoms with Crippen LogP contribution < -0.4 is 15.2 Å². The Morgan fingerprint density at radius 2 is 1.83 bits per heavy atom. The quantitative estimate of drug-likeness (QED) is 0.433. The summed E-state index contributed by atoms with van der Waals surface area (Å²) in [6.07, 6.45) is 4.69. The molecule has 130 valence electrons. The van der Waals surface area contributed by atoms with Gasteiger partial charge in [0.2, 0.25) is 0 Å². The van der Waals surface area contributed by atoms with Gasteiger partial charge in [-0.25, -0.2) is 0 Å². The number of rotatable bonds is 8. The normalized spacial score (nSPS) is 9.57. The van der Waals surface area contributed by atoms with Gasteiger partial charge in [-0.15, -0.1) is 0 Å². The number of nitrogens with two attached hydrogens (primary N) is 1. The van der Waals surface area contributed by atoms with Gasteiger partial charge in [0.1, 0.15) is 0 Å². The van der Waals surface area contributed by atoms with Crippen molar-refractivity contribution in [2.24, 2.45) is 5.73 Å². The molecule has 6 heteroatoms. The van der Waals surface area contributed by atoms with Gasteiger partial charge in [-0.05, 0) is 24.1 Å². The summed E-state index contributed by atoms with van der Waals surface area (Å²) in [7, 11) is 1.55. The molecule has 0 amide bonds. The number of carboxylic acids is 1. The summed E-state index contributed by atoms with van der Waals surface area (Å²) in [5, 5.41) is 7.42. The first-order valence-corrected chi connectivity index (χ1v) is 7.71. The summed E-state index contributed by atoms with van der Waals surface area (Å²) in [5.74, 6) is -0.0417. The fraction of sp³-hybridized carbons (Fsp3) is 0.529. The van der Waals surface area contributed by atoms with Gasteiger partial charge in [0.25, 0.3) is 5.97 Å². The van der Waals surface area contributed by atoms with Crippen LogP contribution in [0.4, 0.5) is 0 Å². The number of hydrogen-bond donors (Lipinski definition) is 2. The lowest BCUT2D eigenvalue weighted by Crippen LogP contribution is -2.09. The number of carboxylic acid groups (broad SMARTS) is 1. The summed E-state index contributed by atoms with van der Waals surface area (Å²) < 4.78 is 10.5. The lowest BCUT2D eigenvalue weighted by atomic mass is 10.1. The number of carbonyl (C=O) groups excluding carboxylic acids is 1. The topological polar surface area (TPSA) is 98.8 Å². The van der Waals surface area contributed by atoms with Gasteiger partial charge in [-0.1, -0.05) is 32.3 Å². The predicted molar refractivity (Wildman–Crippen MR) is 88.6 cm³/mol. The molecule has 1 aromatic carbocycles. The first kappa shape index (κ1) is 20.9. The zero-order valence-electron chi connectivity index (χ0n) is 14.1. The minimum atomic E-state index is -0.833. The van der Waals surface area contributed by atoms with E-state index in [0.29, 0.717) is 24.5 Å². The maximum Gasteiger partial charge on any atom is 0.311 e. The number of benzene rings is 1. The SMILES string of the molecule is CC(=O)O.CCCCCCC(=O)Oc1ccc(CN)cc1OC. The standard InChI is InChI=1S/C15H23NO3.C2H4O2/c1-3-4-5-6-7-15(17)19-13-9-8-12(11-16)10-14(13)18-2;1-2(3)4/h8-10H,3-7,11,16H2,1-2H3;1H3,(H,3,4). The van der Waals surface area contributed by atoms with Crippen molar-refractivity contribution < 1.29 is 24.2 Å². The van der Waals surface area contributed by atoms with E-state index in [1.54, 1.807) is 19.2 Å². The van der Waals surface area contributed by atoms with Crippen LogP contribution in [0.2, 0.25) is 0 Å². The van der Waals surface area contributed by atoms with Crippen LogP contribution in [0, 0.1) is 0 Å². The van der Waals surface area contributed by atoms with Crippen LogP contribution >= 0.6 is 0 Å². The summed E-state index contributed by atoms with van der Waals surface area (Å²) in [5.41, 5.74) is 6.50. The van der Waals surface area contributed by atoms with Crippen molar-refractivity contribution in [3.8, 4) is 11.5 Å². The highest BCUT2D eigenvalue weighted by Crippen LogP contribution is 2.28. The van der Waals surface area contributed by atoms with Crippen LogP contribution in [0.1, 0.15) is 51.5 Å². The molecule has 0 aliphatic heterocycles. The average Bonchev–Trinajstić information content (AvgIpc) is 2.51. The van der Waals surface area contributed by atoms with Crippen molar-refractivity contribution in [2.45, 2.75) is 52.5 Å². The zero-order chi connectivity index (χ0) is 17.7. The number of methoxy groups -OCH3 is 1. The van der Waals surface area contributed by atoms with E-state index >= 15 is 0 Å². The van der Waals surface area contributed by atoms with E-state index in [-0.39, 0.29) is 5.97 Å². The van der Waals surface area contributed by atoms with Gasteiger partial charge < -0.3 is 20.3 Å². The van der Waals surface area contributed by atoms with Crippen molar-refractivity contribution in [3.05, 3.63) is 23.8 Å². The third kappa shape index (κ3) is 10.3. The second-order valence-electron chi connectivity index (χ2n) is 4.99. The van der Waals surface area contributed by atoms with E-state index in [1.807, 2.05) is 6.07 Å². The molecule has 0 fully saturated rings. The molecule has 0 atom stereocenters. The lowest BCUT2D eigenvalue weighted by molar-refractivity contribution is -0.135. The summed E-state index contributed by atoms with van der Waals surface area (Å²) in [6.45, 7) is 3.66. The van der Waals surface area contributed by atoms with E-state index in [4.69, 9.17) is 25.1 Å². The monoisotopic (exact) mass is 325 g/mol. The largest absolute Gasteiger partial charge is 0.493 e. The smallest absolute Gasteiger partial charge is 0.311 e. The maximum atomic E-state index is 11.7. The zero-order valence-corrected chi connectivity index (χ0v) is 14.1. The Morgan fingerprint density at radius 3 is 2.35 bits per heavy atom. The van der Waals surface area contributed by atoms with Crippen molar-refractivity contribution >= 4 is 11.9 Å². The molecule has 23 heavy (non-hydrogen) atoms. The third-order valence-electron chi connectivity index (χ3n) is 2.92. The van der Waals surface area contributed by atoms with Crippen LogP contribution in [0.5, 0.6) is 11.5 Å². The molecule has 0 saturated carbocycles. The minimum absolute atomic E-state index is 0.213. The number of hydrogen-bond acceptors (Lipinski definition) is 5. The summed E-state index contributed by atoms with van der Waals surface area (Å²) >= 11 is 0. The van der Waals surface area contributed by atoms with E-state index in [0.717, 1.165) is 38.2 Å². The number of esters is 1. The molecule has 0 bridgehead atoms. The van der Waals surface area contributed by atoms with Crippen molar-refractivity contribution in [1.29, 1.82) is 0 Å². The van der Waals surface area contributed by atoms with Crippen molar-refractivity contribution in [2.75, 3.05) is 7.11 Å². The highest BCUT2D eigenvalue weighted by molar-refractivity contribution is 5.73. The second-order valence-corrected chi connectivity index (χ2v) is 4.99. The lowest BCUT2D eigenvalue weighted by Gasteiger charge is -2.10. The van der Waals surface area contributed by atoms with Gasteiger partial charge >= 0.3 is 5.97 Å². The molecule has 6 nitrogen and oxygen atoms in total. The Hall–Kier alpha value is -2.08. The Bertz CT molecular complexity index is 484. The van der Waals surface area contributed by atoms with Gasteiger partial charge in [0.05, 0.1) is 7.11 Å². The summed E-state index contributed by atoms with van der Waals surface area (Å²) in [4.78, 5) is 20.7. The number of unbranched alkanes of at least 4 members (excludes halogenated alkanes) is 3. The molecular formula is C17H27NO5. The van der Waals surface area contributed by atoms with Crippen LogP contribution in [0.3, 0.4) is 0 Å².